The lowest BCUT2D eigenvalue weighted by Gasteiger charge is -2.60. The van der Waals surface area contributed by atoms with E-state index < -0.39 is 0 Å². The van der Waals surface area contributed by atoms with Crippen LogP contribution in [0.15, 0.2) is 11.8 Å². The molecule has 4 nitrogen and oxygen atoms in total. The Morgan fingerprint density at radius 1 is 1.00 bits per heavy atom. The molecule has 0 radical (unpaired) electrons. The second kappa shape index (κ2) is 6.63. The maximum absolute atomic E-state index is 11.5. The minimum Gasteiger partial charge on any atom is -0.463 e. The SMILES string of the molecule is CC(=O)OC1=CC[C@@H]2[C@@H]3CC[C@@H]4C[C@H](OC(C)=O)CC[C@]4(C)[C@H]3CC[C@@]12C. The number of rotatable bonds is 2. The number of ether oxygens (including phenoxy) is 2. The van der Waals surface area contributed by atoms with Gasteiger partial charge in [0.05, 0.1) is 0 Å². The Bertz CT molecular complexity index is 667. The summed E-state index contributed by atoms with van der Waals surface area (Å²) in [6.07, 6.45) is 11.4. The zero-order chi connectivity index (χ0) is 19.4. The van der Waals surface area contributed by atoms with Crippen molar-refractivity contribution >= 4 is 11.9 Å². The number of hydrogen-bond donors (Lipinski definition) is 0. The van der Waals surface area contributed by atoms with Crippen LogP contribution in [0, 0.1) is 34.5 Å². The highest BCUT2D eigenvalue weighted by molar-refractivity contribution is 5.67. The van der Waals surface area contributed by atoms with E-state index in [1.165, 1.54) is 39.5 Å². The van der Waals surface area contributed by atoms with E-state index in [1.807, 2.05) is 0 Å². The second-order valence-electron chi connectivity index (χ2n) is 10.0. The third-order valence-electron chi connectivity index (χ3n) is 8.71. The number of carbonyl (C=O) groups is 2. The first-order valence-corrected chi connectivity index (χ1v) is 10.8. The molecule has 0 heterocycles. The highest BCUT2D eigenvalue weighted by Crippen LogP contribution is 2.66. The summed E-state index contributed by atoms with van der Waals surface area (Å²) in [5.74, 6) is 3.35. The quantitative estimate of drug-likeness (QED) is 0.637. The zero-order valence-electron chi connectivity index (χ0n) is 17.3. The fourth-order valence-corrected chi connectivity index (χ4v) is 7.40. The molecule has 4 aliphatic rings. The minimum atomic E-state index is -0.190. The van der Waals surface area contributed by atoms with Gasteiger partial charge in [-0.15, -0.1) is 0 Å². The molecule has 0 unspecified atom stereocenters. The summed E-state index contributed by atoms with van der Waals surface area (Å²) in [5, 5.41) is 0. The fourth-order valence-electron chi connectivity index (χ4n) is 7.40. The zero-order valence-corrected chi connectivity index (χ0v) is 17.3. The maximum atomic E-state index is 11.5. The molecule has 3 fully saturated rings. The summed E-state index contributed by atoms with van der Waals surface area (Å²) < 4.78 is 11.2. The van der Waals surface area contributed by atoms with E-state index in [2.05, 4.69) is 19.9 Å². The highest BCUT2D eigenvalue weighted by Gasteiger charge is 2.59. The van der Waals surface area contributed by atoms with Gasteiger partial charge in [0.25, 0.3) is 0 Å². The first-order valence-electron chi connectivity index (χ1n) is 10.8. The van der Waals surface area contributed by atoms with Crippen LogP contribution in [0.1, 0.15) is 79.1 Å². The molecule has 0 aromatic carbocycles. The lowest BCUT2D eigenvalue weighted by Crippen LogP contribution is -2.54. The summed E-state index contributed by atoms with van der Waals surface area (Å²) in [5.41, 5.74) is 0.399. The van der Waals surface area contributed by atoms with Gasteiger partial charge in [-0.3, -0.25) is 9.59 Å². The minimum absolute atomic E-state index is 0.0327. The van der Waals surface area contributed by atoms with Gasteiger partial charge in [-0.2, -0.15) is 0 Å². The molecule has 150 valence electrons. The number of fused-ring (bicyclic) bond motifs is 5. The number of allylic oxidation sites excluding steroid dienone is 2. The van der Waals surface area contributed by atoms with Crippen LogP contribution in [-0.4, -0.2) is 18.0 Å². The van der Waals surface area contributed by atoms with Gasteiger partial charge >= 0.3 is 11.9 Å². The van der Waals surface area contributed by atoms with Crippen molar-refractivity contribution in [2.45, 2.75) is 85.2 Å². The maximum Gasteiger partial charge on any atom is 0.307 e. The number of esters is 2. The Morgan fingerprint density at radius 2 is 1.78 bits per heavy atom. The Kier molecular flexibility index (Phi) is 4.67. The van der Waals surface area contributed by atoms with Crippen LogP contribution in [0.4, 0.5) is 0 Å². The predicted octanol–water partition coefficient (Wildman–Crippen LogP) is 5.02. The van der Waals surface area contributed by atoms with Crippen molar-refractivity contribution in [1.29, 1.82) is 0 Å². The largest absolute Gasteiger partial charge is 0.463 e. The van der Waals surface area contributed by atoms with Crippen molar-refractivity contribution < 1.29 is 19.1 Å². The molecule has 0 aliphatic heterocycles. The van der Waals surface area contributed by atoms with Crippen molar-refractivity contribution in [1.82, 2.24) is 0 Å². The summed E-state index contributed by atoms with van der Waals surface area (Å²) in [4.78, 5) is 22.9. The van der Waals surface area contributed by atoms with Crippen LogP contribution in [-0.2, 0) is 19.1 Å². The van der Waals surface area contributed by atoms with Crippen LogP contribution >= 0.6 is 0 Å². The van der Waals surface area contributed by atoms with Crippen LogP contribution in [0.2, 0.25) is 0 Å². The topological polar surface area (TPSA) is 52.6 Å². The van der Waals surface area contributed by atoms with Gasteiger partial charge in [0.15, 0.2) is 0 Å². The Morgan fingerprint density at radius 3 is 2.48 bits per heavy atom. The van der Waals surface area contributed by atoms with E-state index in [0.29, 0.717) is 17.3 Å². The van der Waals surface area contributed by atoms with Crippen LogP contribution in [0.25, 0.3) is 0 Å². The average Bonchev–Trinajstić information content (AvgIpc) is 2.91. The first kappa shape index (κ1) is 19.0. The molecule has 0 spiro atoms. The van der Waals surface area contributed by atoms with E-state index in [0.717, 1.165) is 43.3 Å². The van der Waals surface area contributed by atoms with E-state index in [-0.39, 0.29) is 23.5 Å². The van der Waals surface area contributed by atoms with Gasteiger partial charge < -0.3 is 9.47 Å². The molecule has 3 saturated carbocycles. The molecule has 0 bridgehead atoms. The normalized spacial score (nSPS) is 45.8. The molecule has 0 amide bonds. The van der Waals surface area contributed by atoms with Crippen molar-refractivity contribution in [2.24, 2.45) is 34.5 Å². The molecular formula is C23H34O4. The lowest BCUT2D eigenvalue weighted by molar-refractivity contribution is -0.159. The molecule has 4 heteroatoms. The van der Waals surface area contributed by atoms with Gasteiger partial charge in [0.2, 0.25) is 0 Å². The molecule has 0 N–H and O–H groups in total. The smallest absolute Gasteiger partial charge is 0.307 e. The van der Waals surface area contributed by atoms with E-state index >= 15 is 0 Å². The number of carbonyl (C=O) groups excluding carboxylic acids is 2. The molecule has 0 aromatic rings. The molecule has 27 heavy (non-hydrogen) atoms. The fraction of sp³-hybridized carbons (Fsp3) is 0.826. The van der Waals surface area contributed by atoms with Crippen LogP contribution in [0.3, 0.4) is 0 Å². The lowest BCUT2D eigenvalue weighted by atomic mass is 9.45. The highest BCUT2D eigenvalue weighted by atomic mass is 16.5. The van der Waals surface area contributed by atoms with Gasteiger partial charge in [-0.1, -0.05) is 13.8 Å². The molecule has 0 saturated heterocycles. The predicted molar refractivity (Wildman–Crippen MR) is 103 cm³/mol. The monoisotopic (exact) mass is 374 g/mol. The molecular weight excluding hydrogens is 340 g/mol. The van der Waals surface area contributed by atoms with Crippen LogP contribution in [0.5, 0.6) is 0 Å². The molecule has 7 atom stereocenters. The molecule has 0 aromatic heterocycles. The van der Waals surface area contributed by atoms with Gasteiger partial charge in [0, 0.05) is 19.3 Å². The number of hydrogen-bond acceptors (Lipinski definition) is 4. The standard InChI is InChI=1S/C23H34O4/c1-14(24)26-17-9-11-22(3)16(13-17)5-6-18-19-7-8-21(27-15(2)25)23(19,4)12-10-20(18)22/h8,16-20H,5-7,9-13H2,1-4H3/t16-,17-,18+,19-,20+,22+,23-/m1/s1. The summed E-state index contributed by atoms with van der Waals surface area (Å²) >= 11 is 0. The van der Waals surface area contributed by atoms with E-state index in [4.69, 9.17) is 9.47 Å². The second-order valence-corrected chi connectivity index (χ2v) is 10.0. The summed E-state index contributed by atoms with van der Waals surface area (Å²) in [6, 6.07) is 0. The summed E-state index contributed by atoms with van der Waals surface area (Å²) in [6.45, 7) is 7.87. The average molecular weight is 375 g/mol. The van der Waals surface area contributed by atoms with Crippen LogP contribution < -0.4 is 0 Å². The van der Waals surface area contributed by atoms with Crippen molar-refractivity contribution in [3.05, 3.63) is 11.8 Å². The Labute approximate surface area is 163 Å². The Balaban J connectivity index is 1.51. The third-order valence-corrected chi connectivity index (χ3v) is 8.71. The summed E-state index contributed by atoms with van der Waals surface area (Å²) in [7, 11) is 0. The van der Waals surface area contributed by atoms with Crippen molar-refractivity contribution in [2.75, 3.05) is 0 Å². The third kappa shape index (κ3) is 3.03. The van der Waals surface area contributed by atoms with E-state index in [9.17, 15) is 9.59 Å². The van der Waals surface area contributed by atoms with Crippen molar-refractivity contribution in [3.8, 4) is 0 Å². The van der Waals surface area contributed by atoms with Gasteiger partial charge in [-0.05, 0) is 86.5 Å². The molecule has 4 rings (SSSR count). The Hall–Kier alpha value is -1.32. The van der Waals surface area contributed by atoms with Crippen molar-refractivity contribution in [3.63, 3.8) is 0 Å². The van der Waals surface area contributed by atoms with Gasteiger partial charge in [0.1, 0.15) is 11.9 Å². The van der Waals surface area contributed by atoms with E-state index in [1.54, 1.807) is 0 Å². The first-order chi connectivity index (χ1) is 12.7. The molecule has 4 aliphatic carbocycles. The van der Waals surface area contributed by atoms with Gasteiger partial charge in [-0.25, -0.2) is 0 Å².